The van der Waals surface area contributed by atoms with Crippen molar-refractivity contribution in [2.75, 3.05) is 0 Å². The third-order valence-corrected chi connectivity index (χ3v) is 10.1. The fraction of sp³-hybridized carbons (Fsp3) is 0.333. The van der Waals surface area contributed by atoms with Crippen molar-refractivity contribution < 1.29 is 23.2 Å². The summed E-state index contributed by atoms with van der Waals surface area (Å²) < 4.78 is 3.43. The molecule has 2 aromatic rings. The first kappa shape index (κ1) is 22.5. The summed E-state index contributed by atoms with van der Waals surface area (Å²) in [5.41, 5.74) is 8.99. The molecule has 0 atom stereocenters. The second kappa shape index (κ2) is 8.67. The molecule has 0 heterocycles. The van der Waals surface area contributed by atoms with Gasteiger partial charge in [-0.3, -0.25) is 0 Å². The van der Waals surface area contributed by atoms with E-state index in [2.05, 4.69) is 114 Å². The van der Waals surface area contributed by atoms with Gasteiger partial charge in [0.15, 0.2) is 0 Å². The molecule has 0 bridgehead atoms. The Labute approximate surface area is 200 Å². The monoisotopic (exact) mass is 484 g/mol. The molecule has 2 aliphatic carbocycles. The molecule has 0 amide bonds. The van der Waals surface area contributed by atoms with Gasteiger partial charge in [0.25, 0.3) is 0 Å². The molecule has 0 N–H and O–H groups in total. The number of allylic oxidation sites excluding steroid dienone is 8. The third kappa shape index (κ3) is 5.04. The minimum absolute atomic E-state index is 0.204. The van der Waals surface area contributed by atoms with Crippen LogP contribution in [0.3, 0.4) is 0 Å². The average molecular weight is 486 g/mol. The van der Waals surface area contributed by atoms with Gasteiger partial charge in [-0.05, 0) is 0 Å². The van der Waals surface area contributed by atoms with Crippen LogP contribution in [0.4, 0.5) is 0 Å². The van der Waals surface area contributed by atoms with E-state index in [1.807, 2.05) is 0 Å². The Bertz CT molecular complexity index is 984. The van der Waals surface area contributed by atoms with E-state index in [1.54, 1.807) is 6.56 Å². The van der Waals surface area contributed by atoms with E-state index < -0.39 is 23.2 Å². The SMILES string of the molecule is CC(C)(C)c1ccc(C2=[C]([Zr][C]3=C(c4ccc(C(C)(C)C)cc4)C=CC3)CC=C2)cc1. The summed E-state index contributed by atoms with van der Waals surface area (Å²) in [6.07, 6.45) is 11.7. The van der Waals surface area contributed by atoms with Crippen molar-refractivity contribution >= 4 is 11.1 Å². The van der Waals surface area contributed by atoms with E-state index >= 15 is 0 Å². The van der Waals surface area contributed by atoms with Crippen LogP contribution in [0.5, 0.6) is 0 Å². The van der Waals surface area contributed by atoms with Gasteiger partial charge in [0.1, 0.15) is 0 Å². The van der Waals surface area contributed by atoms with Crippen LogP contribution in [0.1, 0.15) is 76.6 Å². The van der Waals surface area contributed by atoms with Gasteiger partial charge in [-0.15, -0.1) is 0 Å². The van der Waals surface area contributed by atoms with E-state index in [0.717, 1.165) is 12.8 Å². The van der Waals surface area contributed by atoms with E-state index in [4.69, 9.17) is 0 Å². The van der Waals surface area contributed by atoms with Gasteiger partial charge in [0.2, 0.25) is 0 Å². The molecule has 31 heavy (non-hydrogen) atoms. The predicted molar refractivity (Wildman–Crippen MR) is 132 cm³/mol. The zero-order valence-electron chi connectivity index (χ0n) is 19.8. The standard InChI is InChI=1S/2C15H17.Zr/c2*1-15(2,3)14-10-8-13(9-11-14)12-6-4-5-7-12;/h2*4,6,8-11H,5H2,1-3H3;. The Morgan fingerprint density at radius 2 is 0.903 bits per heavy atom. The molecule has 0 fully saturated rings. The van der Waals surface area contributed by atoms with Gasteiger partial charge in [-0.25, -0.2) is 0 Å². The van der Waals surface area contributed by atoms with Crippen LogP contribution < -0.4 is 0 Å². The molecule has 0 spiro atoms. The molecule has 0 saturated carbocycles. The van der Waals surface area contributed by atoms with Gasteiger partial charge in [-0.1, -0.05) is 0 Å². The van der Waals surface area contributed by atoms with Gasteiger partial charge < -0.3 is 0 Å². The maximum absolute atomic E-state index is 2.36. The number of benzene rings is 2. The molecule has 4 rings (SSSR count). The van der Waals surface area contributed by atoms with E-state index in [0.29, 0.717) is 0 Å². The van der Waals surface area contributed by atoms with Crippen molar-refractivity contribution in [3.8, 4) is 0 Å². The van der Waals surface area contributed by atoms with E-state index in [1.165, 1.54) is 33.4 Å². The summed E-state index contributed by atoms with van der Waals surface area (Å²) >= 11 is -0.799. The van der Waals surface area contributed by atoms with Crippen molar-refractivity contribution in [2.24, 2.45) is 0 Å². The van der Waals surface area contributed by atoms with Crippen molar-refractivity contribution in [1.82, 2.24) is 0 Å². The molecule has 2 aliphatic rings. The van der Waals surface area contributed by atoms with Gasteiger partial charge in [-0.2, -0.15) is 0 Å². The van der Waals surface area contributed by atoms with Gasteiger partial charge >= 0.3 is 201 Å². The van der Waals surface area contributed by atoms with Gasteiger partial charge in [0.05, 0.1) is 0 Å². The molecule has 1 heteroatoms. The zero-order chi connectivity index (χ0) is 22.2. The summed E-state index contributed by atoms with van der Waals surface area (Å²) in [4.78, 5) is 0. The first-order valence-electron chi connectivity index (χ1n) is 11.4. The van der Waals surface area contributed by atoms with Crippen molar-refractivity contribution in [3.05, 3.63) is 102 Å². The molecular formula is C30H34Zr. The Morgan fingerprint density at radius 3 is 1.23 bits per heavy atom. The first-order valence-corrected chi connectivity index (χ1v) is 13.9. The average Bonchev–Trinajstić information content (AvgIpc) is 3.37. The normalized spacial score (nSPS) is 16.6. The Morgan fingerprint density at radius 1 is 0.548 bits per heavy atom. The molecule has 2 aromatic carbocycles. The summed E-state index contributed by atoms with van der Waals surface area (Å²) in [5.74, 6) is 0. The van der Waals surface area contributed by atoms with E-state index in [9.17, 15) is 0 Å². The van der Waals surface area contributed by atoms with Crippen molar-refractivity contribution in [3.63, 3.8) is 0 Å². The van der Waals surface area contributed by atoms with Crippen LogP contribution in [-0.4, -0.2) is 0 Å². The molecule has 0 aliphatic heterocycles. The van der Waals surface area contributed by atoms with Crippen LogP contribution in [-0.2, 0) is 34.1 Å². The fourth-order valence-electron chi connectivity index (χ4n) is 4.27. The zero-order valence-corrected chi connectivity index (χ0v) is 22.3. The summed E-state index contributed by atoms with van der Waals surface area (Å²) in [6.45, 7) is 13.7. The minimum atomic E-state index is -0.799. The second-order valence-corrected chi connectivity index (χ2v) is 14.4. The van der Waals surface area contributed by atoms with Gasteiger partial charge in [0, 0.05) is 0 Å². The van der Waals surface area contributed by atoms with Crippen LogP contribution in [0.2, 0.25) is 0 Å². The molecular weight excluding hydrogens is 452 g/mol. The molecule has 0 saturated heterocycles. The van der Waals surface area contributed by atoms with Crippen molar-refractivity contribution in [2.45, 2.75) is 65.2 Å². The first-order chi connectivity index (χ1) is 14.6. The fourth-order valence-corrected chi connectivity index (χ4v) is 8.03. The Kier molecular flexibility index (Phi) is 6.28. The number of rotatable bonds is 4. The van der Waals surface area contributed by atoms with Crippen LogP contribution in [0, 0.1) is 0 Å². The summed E-state index contributed by atoms with van der Waals surface area (Å²) in [6, 6.07) is 18.6. The summed E-state index contributed by atoms with van der Waals surface area (Å²) in [5, 5.41) is 0. The summed E-state index contributed by atoms with van der Waals surface area (Å²) in [7, 11) is 0. The quantitative estimate of drug-likeness (QED) is 0.408. The molecule has 0 radical (unpaired) electrons. The molecule has 158 valence electrons. The maximum atomic E-state index is 2.36. The molecule has 0 unspecified atom stereocenters. The Balaban J connectivity index is 1.61. The number of hydrogen-bond acceptors (Lipinski definition) is 0. The van der Waals surface area contributed by atoms with Crippen LogP contribution in [0.25, 0.3) is 11.1 Å². The van der Waals surface area contributed by atoms with Crippen molar-refractivity contribution in [1.29, 1.82) is 0 Å². The van der Waals surface area contributed by atoms with E-state index in [-0.39, 0.29) is 10.8 Å². The third-order valence-electron chi connectivity index (χ3n) is 6.29. The predicted octanol–water partition coefficient (Wildman–Crippen LogP) is 8.41. The van der Waals surface area contributed by atoms with Crippen LogP contribution in [0.15, 0.2) is 79.4 Å². The topological polar surface area (TPSA) is 0 Å². The Hall–Kier alpha value is -1.72. The molecule has 0 aromatic heterocycles. The molecule has 0 nitrogen and oxygen atoms in total. The number of hydrogen-bond donors (Lipinski definition) is 0. The second-order valence-electron chi connectivity index (χ2n) is 10.8. The van der Waals surface area contributed by atoms with Crippen LogP contribution >= 0.6 is 0 Å².